The molecule has 0 saturated carbocycles. The Bertz CT molecular complexity index is 491. The van der Waals surface area contributed by atoms with Gasteiger partial charge in [0.15, 0.2) is 0 Å². The molecular weight excluding hydrogens is 250 g/mol. The molecule has 1 aliphatic rings. The summed E-state index contributed by atoms with van der Waals surface area (Å²) >= 11 is 0. The van der Waals surface area contributed by atoms with Crippen molar-refractivity contribution < 1.29 is 13.6 Å². The number of amides is 1. The van der Waals surface area contributed by atoms with E-state index in [2.05, 4.69) is 0 Å². The summed E-state index contributed by atoms with van der Waals surface area (Å²) in [6.07, 6.45) is 1.78. The van der Waals surface area contributed by atoms with Gasteiger partial charge in [0, 0.05) is 13.1 Å². The third kappa shape index (κ3) is 2.76. The SMILES string of the molecule is Cc1ccc(F)c(C(=O)N2CCCC(CN)C2)c1F. The number of carbonyl (C=O) groups excluding carboxylic acids is 1. The molecule has 0 aromatic heterocycles. The average Bonchev–Trinajstić information content (AvgIpc) is 2.43. The van der Waals surface area contributed by atoms with E-state index in [0.717, 1.165) is 18.9 Å². The summed E-state index contributed by atoms with van der Waals surface area (Å²) in [6.45, 7) is 3.01. The van der Waals surface area contributed by atoms with Crippen molar-refractivity contribution in [3.63, 3.8) is 0 Å². The van der Waals surface area contributed by atoms with E-state index in [1.54, 1.807) is 0 Å². The molecule has 1 unspecified atom stereocenters. The highest BCUT2D eigenvalue weighted by Crippen LogP contribution is 2.22. The molecule has 5 heteroatoms. The van der Waals surface area contributed by atoms with Crippen LogP contribution in [0.1, 0.15) is 28.8 Å². The third-order valence-electron chi connectivity index (χ3n) is 3.64. The molecule has 1 aliphatic heterocycles. The van der Waals surface area contributed by atoms with Gasteiger partial charge in [-0.2, -0.15) is 0 Å². The highest BCUT2D eigenvalue weighted by molar-refractivity contribution is 5.95. The zero-order valence-corrected chi connectivity index (χ0v) is 11.0. The van der Waals surface area contributed by atoms with Gasteiger partial charge in [0.05, 0.1) is 0 Å². The highest BCUT2D eigenvalue weighted by Gasteiger charge is 2.28. The Hall–Kier alpha value is -1.49. The predicted octanol–water partition coefficient (Wildman–Crippen LogP) is 2.08. The molecular formula is C14H18F2N2O. The minimum absolute atomic E-state index is 0.216. The number of piperidine rings is 1. The molecule has 0 bridgehead atoms. The number of halogens is 2. The molecule has 1 heterocycles. The summed E-state index contributed by atoms with van der Waals surface area (Å²) in [7, 11) is 0. The van der Waals surface area contributed by atoms with Gasteiger partial charge in [-0.3, -0.25) is 4.79 Å². The van der Waals surface area contributed by atoms with E-state index >= 15 is 0 Å². The zero-order chi connectivity index (χ0) is 14.0. The number of hydrogen-bond donors (Lipinski definition) is 1. The van der Waals surface area contributed by atoms with Crippen LogP contribution in [0.5, 0.6) is 0 Å². The fourth-order valence-corrected chi connectivity index (χ4v) is 2.45. The molecule has 1 aromatic carbocycles. The Morgan fingerprint density at radius 2 is 2.21 bits per heavy atom. The van der Waals surface area contributed by atoms with E-state index in [0.29, 0.717) is 19.6 Å². The Balaban J connectivity index is 2.27. The van der Waals surface area contributed by atoms with E-state index in [9.17, 15) is 13.6 Å². The maximum absolute atomic E-state index is 13.9. The summed E-state index contributed by atoms with van der Waals surface area (Å²) in [4.78, 5) is 13.8. The Morgan fingerprint density at radius 1 is 1.47 bits per heavy atom. The van der Waals surface area contributed by atoms with Crippen molar-refractivity contribution in [3.8, 4) is 0 Å². The van der Waals surface area contributed by atoms with Crippen LogP contribution in [0.25, 0.3) is 0 Å². The number of benzene rings is 1. The number of likely N-dealkylation sites (tertiary alicyclic amines) is 1. The standard InChI is InChI=1S/C14H18F2N2O/c1-9-4-5-11(15)12(13(9)16)14(19)18-6-2-3-10(7-17)8-18/h4-5,10H,2-3,6-8,17H2,1H3. The molecule has 0 spiro atoms. The van der Waals surface area contributed by atoms with Gasteiger partial charge >= 0.3 is 0 Å². The summed E-state index contributed by atoms with van der Waals surface area (Å²) in [5.74, 6) is -1.92. The van der Waals surface area contributed by atoms with Gasteiger partial charge in [0.2, 0.25) is 0 Å². The fraction of sp³-hybridized carbons (Fsp3) is 0.500. The van der Waals surface area contributed by atoms with E-state index in [1.807, 2.05) is 0 Å². The van der Waals surface area contributed by atoms with E-state index in [4.69, 9.17) is 5.73 Å². The van der Waals surface area contributed by atoms with Gasteiger partial charge in [-0.05, 0) is 43.9 Å². The molecule has 2 N–H and O–H groups in total. The quantitative estimate of drug-likeness (QED) is 0.892. The Labute approximate surface area is 111 Å². The number of nitrogens with two attached hydrogens (primary N) is 1. The highest BCUT2D eigenvalue weighted by atomic mass is 19.1. The van der Waals surface area contributed by atoms with Crippen LogP contribution >= 0.6 is 0 Å². The number of hydrogen-bond acceptors (Lipinski definition) is 2. The molecule has 1 saturated heterocycles. The first-order valence-corrected chi connectivity index (χ1v) is 6.48. The number of carbonyl (C=O) groups is 1. The lowest BCUT2D eigenvalue weighted by Crippen LogP contribution is -2.42. The second kappa shape index (κ2) is 5.65. The van der Waals surface area contributed by atoms with Crippen LogP contribution < -0.4 is 5.73 Å². The zero-order valence-electron chi connectivity index (χ0n) is 11.0. The lowest BCUT2D eigenvalue weighted by atomic mass is 9.97. The van der Waals surface area contributed by atoms with Gasteiger partial charge in [-0.1, -0.05) is 6.07 Å². The van der Waals surface area contributed by atoms with Crippen LogP contribution in [0.2, 0.25) is 0 Å². The minimum Gasteiger partial charge on any atom is -0.338 e. The second-order valence-electron chi connectivity index (χ2n) is 5.05. The van der Waals surface area contributed by atoms with Crippen LogP contribution in [0.15, 0.2) is 12.1 Å². The van der Waals surface area contributed by atoms with Crippen LogP contribution in [0, 0.1) is 24.5 Å². The summed E-state index contributed by atoms with van der Waals surface area (Å²) < 4.78 is 27.6. The lowest BCUT2D eigenvalue weighted by molar-refractivity contribution is 0.0668. The van der Waals surface area contributed by atoms with Crippen LogP contribution in [-0.2, 0) is 0 Å². The number of rotatable bonds is 2. The Kier molecular flexibility index (Phi) is 4.14. The molecule has 1 aromatic rings. The first-order chi connectivity index (χ1) is 9.04. The van der Waals surface area contributed by atoms with Gasteiger partial charge in [0.1, 0.15) is 17.2 Å². The van der Waals surface area contributed by atoms with Gasteiger partial charge in [-0.15, -0.1) is 0 Å². The van der Waals surface area contributed by atoms with Crippen LogP contribution in [0.3, 0.4) is 0 Å². The first-order valence-electron chi connectivity index (χ1n) is 6.48. The van der Waals surface area contributed by atoms with Gasteiger partial charge < -0.3 is 10.6 Å². The maximum Gasteiger partial charge on any atom is 0.259 e. The number of aryl methyl sites for hydroxylation is 1. The van der Waals surface area contributed by atoms with Crippen LogP contribution in [0.4, 0.5) is 8.78 Å². The number of nitrogens with zero attached hydrogens (tertiary/aromatic N) is 1. The van der Waals surface area contributed by atoms with Crippen molar-refractivity contribution in [2.45, 2.75) is 19.8 Å². The fourth-order valence-electron chi connectivity index (χ4n) is 2.45. The van der Waals surface area contributed by atoms with Crippen molar-refractivity contribution in [1.29, 1.82) is 0 Å². The minimum atomic E-state index is -0.803. The van der Waals surface area contributed by atoms with Crippen molar-refractivity contribution in [2.75, 3.05) is 19.6 Å². The van der Waals surface area contributed by atoms with Crippen molar-refractivity contribution >= 4 is 5.91 Å². The van der Waals surface area contributed by atoms with E-state index < -0.39 is 23.1 Å². The maximum atomic E-state index is 13.9. The monoisotopic (exact) mass is 268 g/mol. The lowest BCUT2D eigenvalue weighted by Gasteiger charge is -2.32. The normalized spacial score (nSPS) is 19.6. The third-order valence-corrected chi connectivity index (χ3v) is 3.64. The molecule has 3 nitrogen and oxygen atoms in total. The summed E-state index contributed by atoms with van der Waals surface area (Å²) in [5, 5.41) is 0. The molecule has 0 radical (unpaired) electrons. The topological polar surface area (TPSA) is 46.3 Å². The van der Waals surface area contributed by atoms with E-state index in [-0.39, 0.29) is 11.5 Å². The summed E-state index contributed by atoms with van der Waals surface area (Å²) in [6, 6.07) is 2.47. The molecule has 1 amide bonds. The van der Waals surface area contributed by atoms with Crippen LogP contribution in [-0.4, -0.2) is 30.4 Å². The largest absolute Gasteiger partial charge is 0.338 e. The summed E-state index contributed by atoms with van der Waals surface area (Å²) in [5.41, 5.74) is 5.43. The van der Waals surface area contributed by atoms with Gasteiger partial charge in [-0.25, -0.2) is 8.78 Å². The average molecular weight is 268 g/mol. The first kappa shape index (κ1) is 13.9. The molecule has 1 atom stereocenters. The molecule has 19 heavy (non-hydrogen) atoms. The predicted molar refractivity (Wildman–Crippen MR) is 68.8 cm³/mol. The van der Waals surface area contributed by atoms with Crippen molar-refractivity contribution in [2.24, 2.45) is 11.7 Å². The van der Waals surface area contributed by atoms with Crippen molar-refractivity contribution in [1.82, 2.24) is 4.90 Å². The Morgan fingerprint density at radius 3 is 2.89 bits per heavy atom. The van der Waals surface area contributed by atoms with Crippen molar-refractivity contribution in [3.05, 3.63) is 34.9 Å². The van der Waals surface area contributed by atoms with E-state index in [1.165, 1.54) is 17.9 Å². The van der Waals surface area contributed by atoms with Gasteiger partial charge in [0.25, 0.3) is 5.91 Å². The smallest absolute Gasteiger partial charge is 0.259 e. The molecule has 104 valence electrons. The second-order valence-corrected chi connectivity index (χ2v) is 5.05. The molecule has 2 rings (SSSR count). The molecule has 1 fully saturated rings. The molecule has 0 aliphatic carbocycles.